The molecule has 2 aliphatic carbocycles. The summed E-state index contributed by atoms with van der Waals surface area (Å²) in [5.41, 5.74) is 9.93. The molecule has 0 radical (unpaired) electrons. The van der Waals surface area contributed by atoms with Crippen LogP contribution in [0.5, 0.6) is 0 Å². The first-order chi connectivity index (χ1) is 12.8. The third-order valence-corrected chi connectivity index (χ3v) is 6.15. The number of aryl methyl sites for hydroxylation is 1. The normalized spacial score (nSPS) is 26.6. The van der Waals surface area contributed by atoms with Crippen LogP contribution in [0.15, 0.2) is 41.5 Å². The molecule has 1 saturated carbocycles. The fourth-order valence-corrected chi connectivity index (χ4v) is 4.39. The van der Waals surface area contributed by atoms with Gasteiger partial charge in [-0.1, -0.05) is 30.3 Å². The van der Waals surface area contributed by atoms with E-state index in [0.29, 0.717) is 6.61 Å². The molecule has 0 spiro atoms. The summed E-state index contributed by atoms with van der Waals surface area (Å²) in [5, 5.41) is 0. The molecule has 3 nitrogen and oxygen atoms in total. The molecule has 4 heteroatoms. The van der Waals surface area contributed by atoms with Gasteiger partial charge in [-0.2, -0.15) is 0 Å². The molecule has 3 rings (SSSR count). The summed E-state index contributed by atoms with van der Waals surface area (Å²) in [6, 6.07) is 7.51. The number of carbonyl (C=O) groups excluding carboxylic acids is 1. The predicted molar refractivity (Wildman–Crippen MR) is 107 cm³/mol. The van der Waals surface area contributed by atoms with Crippen LogP contribution in [0, 0.1) is 18.8 Å². The third-order valence-electron chi connectivity index (χ3n) is 6.15. The minimum atomic E-state index is -1.48. The van der Waals surface area contributed by atoms with Crippen LogP contribution in [0.2, 0.25) is 0 Å². The molecule has 1 fully saturated rings. The third kappa shape index (κ3) is 3.60. The van der Waals surface area contributed by atoms with Crippen molar-refractivity contribution in [2.75, 3.05) is 6.61 Å². The first kappa shape index (κ1) is 19.8. The summed E-state index contributed by atoms with van der Waals surface area (Å²) in [6.07, 6.45) is 3.75. The number of alkyl halides is 1. The lowest BCUT2D eigenvalue weighted by molar-refractivity contribution is -0.143. The Labute approximate surface area is 161 Å². The van der Waals surface area contributed by atoms with Crippen molar-refractivity contribution in [2.24, 2.45) is 17.6 Å². The molecule has 3 atom stereocenters. The van der Waals surface area contributed by atoms with Crippen molar-refractivity contribution in [1.82, 2.24) is 0 Å². The fraction of sp³-hybridized carbons (Fsp3) is 0.522. The number of ether oxygens (including phenoxy) is 1. The van der Waals surface area contributed by atoms with E-state index in [2.05, 4.69) is 19.1 Å². The number of benzene rings is 1. The van der Waals surface area contributed by atoms with Crippen LogP contribution in [0.25, 0.3) is 5.57 Å². The van der Waals surface area contributed by atoms with Gasteiger partial charge in [0.2, 0.25) is 0 Å². The van der Waals surface area contributed by atoms with E-state index in [1.807, 2.05) is 32.1 Å². The quantitative estimate of drug-likeness (QED) is 0.735. The van der Waals surface area contributed by atoms with Crippen LogP contribution >= 0.6 is 0 Å². The smallest absolute Gasteiger partial charge is 0.307 e. The van der Waals surface area contributed by atoms with Crippen molar-refractivity contribution in [3.05, 3.63) is 52.6 Å². The van der Waals surface area contributed by atoms with E-state index in [1.165, 1.54) is 0 Å². The van der Waals surface area contributed by atoms with Crippen LogP contribution in [0.3, 0.4) is 0 Å². The lowest BCUT2D eigenvalue weighted by atomic mass is 9.67. The summed E-state index contributed by atoms with van der Waals surface area (Å²) in [7, 11) is 0. The van der Waals surface area contributed by atoms with E-state index in [0.717, 1.165) is 40.7 Å². The summed E-state index contributed by atoms with van der Waals surface area (Å²) in [4.78, 5) is 12.0. The topological polar surface area (TPSA) is 52.3 Å². The Morgan fingerprint density at radius 2 is 1.96 bits per heavy atom. The first-order valence-electron chi connectivity index (χ1n) is 9.86. The second-order valence-corrected chi connectivity index (χ2v) is 7.89. The number of carbonyl (C=O) groups is 1. The van der Waals surface area contributed by atoms with Gasteiger partial charge in [-0.3, -0.25) is 4.79 Å². The number of nitrogens with two attached hydrogens (primary N) is 1. The SMILES string of the molecule is CCOC(=O)CC(N)C1C=C(c2ccccc2C)C(C)=C(C)C1(F)C1CC1. The van der Waals surface area contributed by atoms with Crippen molar-refractivity contribution >= 4 is 11.5 Å². The highest BCUT2D eigenvalue weighted by Gasteiger charge is 2.55. The Bertz CT molecular complexity index is 793. The Morgan fingerprint density at radius 1 is 1.30 bits per heavy atom. The van der Waals surface area contributed by atoms with Crippen molar-refractivity contribution in [3.8, 4) is 0 Å². The molecule has 0 aliphatic heterocycles. The number of allylic oxidation sites excluding steroid dienone is 3. The largest absolute Gasteiger partial charge is 0.466 e. The highest BCUT2D eigenvalue weighted by Crippen LogP contribution is 2.56. The molecular weight excluding hydrogens is 341 g/mol. The maximum atomic E-state index is 16.4. The van der Waals surface area contributed by atoms with E-state index in [-0.39, 0.29) is 18.3 Å². The van der Waals surface area contributed by atoms with Crippen LogP contribution in [-0.2, 0) is 9.53 Å². The molecule has 146 valence electrons. The highest BCUT2D eigenvalue weighted by atomic mass is 19.1. The molecule has 0 aromatic heterocycles. The average molecular weight is 371 g/mol. The molecule has 0 amide bonds. The van der Waals surface area contributed by atoms with E-state index in [4.69, 9.17) is 10.5 Å². The van der Waals surface area contributed by atoms with E-state index in [1.54, 1.807) is 6.92 Å². The molecule has 0 saturated heterocycles. The number of halogens is 1. The van der Waals surface area contributed by atoms with Crippen LogP contribution in [0.4, 0.5) is 4.39 Å². The van der Waals surface area contributed by atoms with Gasteiger partial charge in [0.15, 0.2) is 0 Å². The summed E-state index contributed by atoms with van der Waals surface area (Å²) >= 11 is 0. The van der Waals surface area contributed by atoms with Crippen molar-refractivity contribution in [2.45, 2.75) is 58.7 Å². The van der Waals surface area contributed by atoms with Crippen molar-refractivity contribution < 1.29 is 13.9 Å². The number of hydrogen-bond acceptors (Lipinski definition) is 3. The van der Waals surface area contributed by atoms with Crippen LogP contribution < -0.4 is 5.73 Å². The molecule has 27 heavy (non-hydrogen) atoms. The highest BCUT2D eigenvalue weighted by molar-refractivity contribution is 5.83. The second kappa shape index (κ2) is 7.59. The van der Waals surface area contributed by atoms with Crippen LogP contribution in [-0.4, -0.2) is 24.3 Å². The monoisotopic (exact) mass is 371 g/mol. The fourth-order valence-electron chi connectivity index (χ4n) is 4.39. The molecule has 1 aromatic carbocycles. The van der Waals surface area contributed by atoms with Crippen LogP contribution in [0.1, 0.15) is 51.2 Å². The summed E-state index contributed by atoms with van der Waals surface area (Å²) in [5.74, 6) is -0.911. The molecule has 1 aromatic rings. The van der Waals surface area contributed by atoms with Gasteiger partial charge in [-0.25, -0.2) is 4.39 Å². The molecule has 0 heterocycles. The number of hydrogen-bond donors (Lipinski definition) is 1. The second-order valence-electron chi connectivity index (χ2n) is 7.89. The van der Waals surface area contributed by atoms with Gasteiger partial charge in [-0.05, 0) is 74.3 Å². The maximum Gasteiger partial charge on any atom is 0.307 e. The minimum Gasteiger partial charge on any atom is -0.466 e. The lowest BCUT2D eigenvalue weighted by Crippen LogP contribution is -2.49. The van der Waals surface area contributed by atoms with Gasteiger partial charge in [0, 0.05) is 12.0 Å². The number of esters is 1. The average Bonchev–Trinajstić information content (AvgIpc) is 3.46. The first-order valence-corrected chi connectivity index (χ1v) is 9.86. The van der Waals surface area contributed by atoms with Gasteiger partial charge >= 0.3 is 5.97 Å². The predicted octanol–water partition coefficient (Wildman–Crippen LogP) is 4.74. The van der Waals surface area contributed by atoms with E-state index >= 15 is 4.39 Å². The molecule has 3 unspecified atom stereocenters. The molecular formula is C23H30FNO2. The van der Waals surface area contributed by atoms with Gasteiger partial charge in [-0.15, -0.1) is 0 Å². The van der Waals surface area contributed by atoms with E-state index in [9.17, 15) is 4.79 Å². The Hall–Kier alpha value is -1.94. The lowest BCUT2D eigenvalue weighted by Gasteiger charge is -2.41. The van der Waals surface area contributed by atoms with Gasteiger partial charge < -0.3 is 10.5 Å². The maximum absolute atomic E-state index is 16.4. The molecule has 0 bridgehead atoms. The Morgan fingerprint density at radius 3 is 2.56 bits per heavy atom. The Balaban J connectivity index is 2.04. The number of rotatable bonds is 6. The molecule has 2 N–H and O–H groups in total. The van der Waals surface area contributed by atoms with Crippen molar-refractivity contribution in [1.29, 1.82) is 0 Å². The Kier molecular flexibility index (Phi) is 5.57. The zero-order valence-electron chi connectivity index (χ0n) is 16.7. The zero-order valence-corrected chi connectivity index (χ0v) is 16.7. The summed E-state index contributed by atoms with van der Waals surface area (Å²) in [6.45, 7) is 8.02. The van der Waals surface area contributed by atoms with Gasteiger partial charge in [0.25, 0.3) is 0 Å². The van der Waals surface area contributed by atoms with Gasteiger partial charge in [0.1, 0.15) is 5.67 Å². The standard InChI is InChI=1S/C23H30FNO2/c1-5-27-22(26)13-21(25)20-12-19(18-9-7-6-8-14(18)2)15(3)16(4)23(20,24)17-10-11-17/h6-9,12,17,20-21H,5,10-11,13,25H2,1-4H3. The zero-order chi connectivity index (χ0) is 19.8. The van der Waals surface area contributed by atoms with Gasteiger partial charge in [0.05, 0.1) is 13.0 Å². The molecule has 2 aliphatic rings. The minimum absolute atomic E-state index is 0.0136. The van der Waals surface area contributed by atoms with Crippen molar-refractivity contribution in [3.63, 3.8) is 0 Å². The van der Waals surface area contributed by atoms with E-state index < -0.39 is 17.6 Å². The summed E-state index contributed by atoms with van der Waals surface area (Å²) < 4.78 is 21.5.